The van der Waals surface area contributed by atoms with Gasteiger partial charge in [-0.25, -0.2) is 4.21 Å². The number of halogens is 1. The van der Waals surface area contributed by atoms with Gasteiger partial charge in [0.1, 0.15) is 15.7 Å². The molecule has 49 heavy (non-hydrogen) atoms. The number of hydrogen-bond donors (Lipinski definition) is 1. The molecule has 0 saturated carbocycles. The number of aromatic nitrogens is 2. The lowest BCUT2D eigenvalue weighted by molar-refractivity contribution is -0.119. The van der Waals surface area contributed by atoms with Crippen LogP contribution in [0.3, 0.4) is 0 Å². The van der Waals surface area contributed by atoms with Gasteiger partial charge in [0.05, 0.1) is 24.2 Å². The van der Waals surface area contributed by atoms with Crippen molar-refractivity contribution < 1.29 is 23.3 Å². The maximum absolute atomic E-state index is 14.2. The molecule has 5 rings (SSSR count). The van der Waals surface area contributed by atoms with Crippen molar-refractivity contribution in [1.82, 2.24) is 14.5 Å². The van der Waals surface area contributed by atoms with E-state index in [1.807, 2.05) is 24.3 Å². The minimum atomic E-state index is -3.42. The summed E-state index contributed by atoms with van der Waals surface area (Å²) in [6, 6.07) is 13.2. The van der Waals surface area contributed by atoms with E-state index in [-0.39, 0.29) is 29.8 Å². The molecule has 0 saturated heterocycles. The Morgan fingerprint density at radius 3 is 2.78 bits per heavy atom. The molecule has 2 aromatic carbocycles. The second-order valence-electron chi connectivity index (χ2n) is 12.8. The number of nitrogens with one attached hydrogen (secondary N) is 1. The molecule has 2 amide bonds. The summed E-state index contributed by atoms with van der Waals surface area (Å²) in [5.74, 6) is -0.0826. The molecular formula is C37H48ClN5O5S. The predicted octanol–water partition coefficient (Wildman–Crippen LogP) is 6.85. The number of benzene rings is 2. The van der Waals surface area contributed by atoms with E-state index in [0.29, 0.717) is 49.7 Å². The maximum Gasteiger partial charge on any atom is 0.286 e. The Balaban J connectivity index is 1.55. The molecule has 1 N–H and O–H groups in total. The van der Waals surface area contributed by atoms with Crippen LogP contribution in [0.1, 0.15) is 79.0 Å². The molecule has 10 nitrogen and oxygen atoms in total. The van der Waals surface area contributed by atoms with Crippen LogP contribution in [0.2, 0.25) is 5.02 Å². The topological polar surface area (TPSA) is 115 Å². The summed E-state index contributed by atoms with van der Waals surface area (Å²) in [5.41, 5.74) is 4.30. The lowest BCUT2D eigenvalue weighted by Gasteiger charge is -2.32. The number of aryl methyl sites for hydroxylation is 3. The van der Waals surface area contributed by atoms with E-state index in [0.717, 1.165) is 43.5 Å². The number of carbonyl (C=O) groups excluding carboxylic acids is 2. The van der Waals surface area contributed by atoms with E-state index in [4.69, 9.17) is 21.1 Å². The first-order valence-electron chi connectivity index (χ1n) is 17.2. The number of ether oxygens (including phenoxy) is 2. The highest BCUT2D eigenvalue weighted by Gasteiger charge is 2.24. The Labute approximate surface area is 295 Å². The van der Waals surface area contributed by atoms with Crippen molar-refractivity contribution in [3.8, 4) is 5.75 Å². The number of fused-ring (bicyclic) bond motifs is 2. The minimum Gasteiger partial charge on any atom is -0.491 e. The first-order chi connectivity index (χ1) is 23.7. The summed E-state index contributed by atoms with van der Waals surface area (Å²) >= 11 is 6.45. The summed E-state index contributed by atoms with van der Waals surface area (Å²) in [6.45, 7) is 4.00. The molecule has 3 heterocycles. The van der Waals surface area contributed by atoms with Crippen LogP contribution < -0.4 is 14.4 Å². The van der Waals surface area contributed by atoms with Crippen LogP contribution in [0.4, 0.5) is 5.69 Å². The van der Waals surface area contributed by atoms with Crippen molar-refractivity contribution in [2.24, 2.45) is 17.3 Å². The minimum absolute atomic E-state index is 0.0370. The smallest absolute Gasteiger partial charge is 0.286 e. The molecule has 1 aromatic heterocycles. The number of amides is 2. The highest BCUT2D eigenvalue weighted by atomic mass is 35.5. The molecule has 2 bridgehead atoms. The first kappa shape index (κ1) is 36.6. The normalized spacial score (nSPS) is 22.9. The van der Waals surface area contributed by atoms with Crippen LogP contribution in [-0.4, -0.2) is 57.9 Å². The third-order valence-electron chi connectivity index (χ3n) is 9.28. The zero-order chi connectivity index (χ0) is 34.8. The van der Waals surface area contributed by atoms with E-state index < -0.39 is 21.7 Å². The molecular weight excluding hydrogens is 662 g/mol. The van der Waals surface area contributed by atoms with Gasteiger partial charge in [-0.1, -0.05) is 43.2 Å². The molecule has 3 aromatic rings. The Bertz CT molecular complexity index is 1770. The second-order valence-corrected chi connectivity index (χ2v) is 15.4. The number of carbonyl (C=O) groups is 2. The van der Waals surface area contributed by atoms with Gasteiger partial charge in [-0.15, -0.1) is 4.36 Å². The monoisotopic (exact) mass is 709 g/mol. The lowest BCUT2D eigenvalue weighted by Crippen LogP contribution is -2.33. The fraction of sp³-hybridized carbons (Fsp3) is 0.486. The number of allylic oxidation sites excluding steroid dienone is 1. The molecule has 0 fully saturated rings. The molecule has 0 aliphatic carbocycles. The molecule has 12 heteroatoms. The molecule has 0 radical (unpaired) electrons. The van der Waals surface area contributed by atoms with Crippen LogP contribution in [0.15, 0.2) is 65.2 Å². The van der Waals surface area contributed by atoms with Crippen LogP contribution in [-0.2, 0) is 45.9 Å². The molecule has 2 aliphatic heterocycles. The molecule has 3 atom stereocenters. The number of anilines is 1. The van der Waals surface area contributed by atoms with Crippen molar-refractivity contribution in [3.63, 3.8) is 0 Å². The number of methoxy groups -OCH3 is 1. The Hall–Kier alpha value is -3.67. The van der Waals surface area contributed by atoms with Gasteiger partial charge in [0.2, 0.25) is 5.91 Å². The summed E-state index contributed by atoms with van der Waals surface area (Å²) in [7, 11) is 0.106. The van der Waals surface area contributed by atoms with Gasteiger partial charge in [0.15, 0.2) is 0 Å². The molecule has 0 unspecified atom stereocenters. The predicted molar refractivity (Wildman–Crippen MR) is 194 cm³/mol. The van der Waals surface area contributed by atoms with E-state index in [9.17, 15) is 13.8 Å². The lowest BCUT2D eigenvalue weighted by atomic mass is 9.95. The van der Waals surface area contributed by atoms with Crippen LogP contribution in [0, 0.1) is 5.92 Å². The maximum atomic E-state index is 14.2. The van der Waals surface area contributed by atoms with E-state index in [1.54, 1.807) is 37.2 Å². The Kier molecular flexibility index (Phi) is 12.9. The number of nitrogens with zero attached hydrogens (tertiary/aromatic N) is 4. The number of rotatable bonds is 6. The van der Waals surface area contributed by atoms with Crippen molar-refractivity contribution in [2.45, 2.75) is 77.4 Å². The number of hydrogen-bond acceptors (Lipinski definition) is 7. The van der Waals surface area contributed by atoms with Crippen LogP contribution in [0.25, 0.3) is 0 Å². The summed E-state index contributed by atoms with van der Waals surface area (Å²) in [4.78, 5) is 29.2. The third kappa shape index (κ3) is 10.2. The third-order valence-corrected chi connectivity index (χ3v) is 11.4. The van der Waals surface area contributed by atoms with Gasteiger partial charge >= 0.3 is 0 Å². The molecule has 2 aliphatic rings. The zero-order valence-corrected chi connectivity index (χ0v) is 30.3. The second kappa shape index (κ2) is 17.3. The highest BCUT2D eigenvalue weighted by Crippen LogP contribution is 2.35. The van der Waals surface area contributed by atoms with Gasteiger partial charge in [-0.05, 0) is 98.4 Å². The fourth-order valence-corrected chi connectivity index (χ4v) is 8.21. The molecule has 0 spiro atoms. The summed E-state index contributed by atoms with van der Waals surface area (Å²) in [6.07, 6.45) is 11.7. The van der Waals surface area contributed by atoms with Gasteiger partial charge < -0.3 is 14.4 Å². The summed E-state index contributed by atoms with van der Waals surface area (Å²) < 4.78 is 35.0. The first-order valence-corrected chi connectivity index (χ1v) is 19.3. The summed E-state index contributed by atoms with van der Waals surface area (Å²) in [5, 5.41) is 4.86. The molecule has 264 valence electrons. The van der Waals surface area contributed by atoms with Gasteiger partial charge in [-0.3, -0.25) is 19.0 Å². The van der Waals surface area contributed by atoms with E-state index in [2.05, 4.69) is 44.2 Å². The van der Waals surface area contributed by atoms with Crippen molar-refractivity contribution in [3.05, 3.63) is 88.2 Å². The quantitative estimate of drug-likeness (QED) is 0.279. The van der Waals surface area contributed by atoms with Gasteiger partial charge in [0.25, 0.3) is 5.91 Å². The van der Waals surface area contributed by atoms with Crippen molar-refractivity contribution >= 4 is 39.0 Å². The average molecular weight is 710 g/mol. The highest BCUT2D eigenvalue weighted by molar-refractivity contribution is 7.92. The SMILES string of the molecule is CC[C@@H]1C[C@@H](OC)/C=C/CCC[S@@](=O)(NC(=O)CCc2ccnn2C)=NC(=O)c2ccc3c(c2)N(Cc2ccc(Cl)cc2CCCCO3)C1. The Morgan fingerprint density at radius 2 is 2.00 bits per heavy atom. The van der Waals surface area contributed by atoms with E-state index >= 15 is 0 Å². The van der Waals surface area contributed by atoms with Gasteiger partial charge in [0, 0.05) is 56.1 Å². The zero-order valence-electron chi connectivity index (χ0n) is 28.7. The van der Waals surface area contributed by atoms with Crippen molar-refractivity contribution in [2.75, 3.05) is 30.9 Å². The van der Waals surface area contributed by atoms with E-state index in [1.165, 1.54) is 11.1 Å². The van der Waals surface area contributed by atoms with Crippen LogP contribution >= 0.6 is 11.6 Å². The van der Waals surface area contributed by atoms with Crippen LogP contribution in [0.5, 0.6) is 5.75 Å². The van der Waals surface area contributed by atoms with Gasteiger partial charge in [-0.2, -0.15) is 5.10 Å². The largest absolute Gasteiger partial charge is 0.491 e. The fourth-order valence-electron chi connectivity index (χ4n) is 6.39. The Morgan fingerprint density at radius 1 is 1.14 bits per heavy atom. The standard InChI is InChI=1S/C37H48ClN5O5S/c1-4-27-22-33(47-3)11-6-5-9-21-49(46,40-36(44)17-15-32-18-19-39-42(32)2)41-37(45)29-13-16-35-34(24-29)43(25-27)26-30-12-14-31(38)23-28(30)10-7-8-20-48-35/h6,11-14,16,18-19,23-24,27,33H,4-5,7-10,15,17,20-22,25-26H2,1-3H3,(H,40,41,44,45,46)/b11-6+/t27-,33+,49-/m1/s1. The van der Waals surface area contributed by atoms with Crippen molar-refractivity contribution in [1.29, 1.82) is 0 Å². The average Bonchev–Trinajstić information content (AvgIpc) is 3.48.